The molecule has 0 amide bonds. The standard InChI is InChI=1S/C18H29NO/c1-3-18(15-9-5-4-6-10-15)19-13-16-11-7-8-12-17(16)14-20-2/h7-8,11-12,15,18-19H,3-6,9-10,13-14H2,1-2H3. The van der Waals surface area contributed by atoms with Crippen LogP contribution < -0.4 is 5.32 Å². The Hall–Kier alpha value is -0.860. The zero-order valence-electron chi connectivity index (χ0n) is 13.0. The zero-order valence-corrected chi connectivity index (χ0v) is 13.0. The number of benzene rings is 1. The topological polar surface area (TPSA) is 21.3 Å². The molecular formula is C18H29NO. The lowest BCUT2D eigenvalue weighted by Gasteiger charge is -2.30. The summed E-state index contributed by atoms with van der Waals surface area (Å²) in [6, 6.07) is 9.27. The van der Waals surface area contributed by atoms with Gasteiger partial charge in [-0.15, -0.1) is 0 Å². The molecule has 0 radical (unpaired) electrons. The van der Waals surface area contributed by atoms with Gasteiger partial charge in [0.1, 0.15) is 0 Å². The van der Waals surface area contributed by atoms with Gasteiger partial charge in [-0.2, -0.15) is 0 Å². The molecule has 1 aliphatic carbocycles. The number of methoxy groups -OCH3 is 1. The zero-order chi connectivity index (χ0) is 14.2. The Morgan fingerprint density at radius 2 is 1.85 bits per heavy atom. The fourth-order valence-corrected chi connectivity index (χ4v) is 3.45. The molecule has 0 aromatic heterocycles. The van der Waals surface area contributed by atoms with Crippen molar-refractivity contribution in [3.05, 3.63) is 35.4 Å². The Balaban J connectivity index is 1.92. The lowest BCUT2D eigenvalue weighted by atomic mass is 9.83. The molecule has 2 rings (SSSR count). The van der Waals surface area contributed by atoms with E-state index in [2.05, 4.69) is 36.5 Å². The van der Waals surface area contributed by atoms with Crippen molar-refractivity contribution in [2.24, 2.45) is 5.92 Å². The lowest BCUT2D eigenvalue weighted by Crippen LogP contribution is -2.36. The molecule has 0 heterocycles. The van der Waals surface area contributed by atoms with E-state index in [1.165, 1.54) is 49.7 Å². The highest BCUT2D eigenvalue weighted by atomic mass is 16.5. The molecule has 0 spiro atoms. The van der Waals surface area contributed by atoms with Crippen LogP contribution in [0.4, 0.5) is 0 Å². The van der Waals surface area contributed by atoms with E-state index in [4.69, 9.17) is 4.74 Å². The van der Waals surface area contributed by atoms with E-state index in [-0.39, 0.29) is 0 Å². The minimum atomic E-state index is 0.672. The average molecular weight is 275 g/mol. The fourth-order valence-electron chi connectivity index (χ4n) is 3.45. The predicted molar refractivity (Wildman–Crippen MR) is 84.6 cm³/mol. The molecule has 2 heteroatoms. The molecule has 1 N–H and O–H groups in total. The second kappa shape index (κ2) is 8.43. The van der Waals surface area contributed by atoms with E-state index in [1.807, 2.05) is 0 Å². The molecule has 1 aliphatic rings. The first-order valence-electron chi connectivity index (χ1n) is 8.14. The van der Waals surface area contributed by atoms with Gasteiger partial charge in [-0.1, -0.05) is 50.5 Å². The number of hydrogen-bond acceptors (Lipinski definition) is 2. The Bertz CT molecular complexity index is 385. The maximum Gasteiger partial charge on any atom is 0.0716 e. The highest BCUT2D eigenvalue weighted by molar-refractivity contribution is 5.26. The Morgan fingerprint density at radius 3 is 2.50 bits per heavy atom. The van der Waals surface area contributed by atoms with Crippen LogP contribution in [0, 0.1) is 5.92 Å². The van der Waals surface area contributed by atoms with Crippen LogP contribution in [0.5, 0.6) is 0 Å². The van der Waals surface area contributed by atoms with Crippen molar-refractivity contribution in [2.45, 2.75) is 64.6 Å². The number of nitrogens with one attached hydrogen (secondary N) is 1. The van der Waals surface area contributed by atoms with Crippen LogP contribution >= 0.6 is 0 Å². The van der Waals surface area contributed by atoms with Crippen LogP contribution in [0.15, 0.2) is 24.3 Å². The third-order valence-electron chi connectivity index (χ3n) is 4.63. The third-order valence-corrected chi connectivity index (χ3v) is 4.63. The quantitative estimate of drug-likeness (QED) is 0.802. The summed E-state index contributed by atoms with van der Waals surface area (Å²) < 4.78 is 5.29. The summed E-state index contributed by atoms with van der Waals surface area (Å²) in [5.74, 6) is 0.878. The SMILES string of the molecule is CCC(NCc1ccccc1COC)C1CCCCC1. The van der Waals surface area contributed by atoms with Gasteiger partial charge in [0.05, 0.1) is 6.61 Å². The highest BCUT2D eigenvalue weighted by Crippen LogP contribution is 2.28. The minimum absolute atomic E-state index is 0.672. The van der Waals surface area contributed by atoms with E-state index >= 15 is 0 Å². The fraction of sp³-hybridized carbons (Fsp3) is 0.667. The van der Waals surface area contributed by atoms with Crippen LogP contribution in [0.25, 0.3) is 0 Å². The minimum Gasteiger partial charge on any atom is -0.380 e. The van der Waals surface area contributed by atoms with Crippen LogP contribution in [0.2, 0.25) is 0 Å². The summed E-state index contributed by atoms with van der Waals surface area (Å²) in [5, 5.41) is 3.80. The van der Waals surface area contributed by atoms with Gasteiger partial charge in [0.25, 0.3) is 0 Å². The number of hydrogen-bond donors (Lipinski definition) is 1. The molecule has 1 aromatic rings. The summed E-state index contributed by atoms with van der Waals surface area (Å²) >= 11 is 0. The maximum absolute atomic E-state index is 5.29. The van der Waals surface area contributed by atoms with Crippen LogP contribution in [0.1, 0.15) is 56.6 Å². The molecular weight excluding hydrogens is 246 g/mol. The van der Waals surface area contributed by atoms with Crippen molar-refractivity contribution in [3.63, 3.8) is 0 Å². The molecule has 1 aromatic carbocycles. The first-order valence-corrected chi connectivity index (χ1v) is 8.14. The van der Waals surface area contributed by atoms with E-state index in [0.717, 1.165) is 12.5 Å². The molecule has 0 aliphatic heterocycles. The van der Waals surface area contributed by atoms with Crippen LogP contribution in [-0.4, -0.2) is 13.2 Å². The van der Waals surface area contributed by atoms with Gasteiger partial charge in [0.2, 0.25) is 0 Å². The molecule has 1 fully saturated rings. The largest absolute Gasteiger partial charge is 0.380 e. The summed E-state index contributed by atoms with van der Waals surface area (Å²) in [5.41, 5.74) is 2.68. The van der Waals surface area contributed by atoms with Crippen molar-refractivity contribution < 1.29 is 4.74 Å². The van der Waals surface area contributed by atoms with Gasteiger partial charge in [-0.25, -0.2) is 0 Å². The van der Waals surface area contributed by atoms with Gasteiger partial charge < -0.3 is 10.1 Å². The Morgan fingerprint density at radius 1 is 1.15 bits per heavy atom. The normalized spacial score (nSPS) is 18.1. The van der Waals surface area contributed by atoms with Crippen molar-refractivity contribution >= 4 is 0 Å². The van der Waals surface area contributed by atoms with Crippen molar-refractivity contribution in [2.75, 3.05) is 7.11 Å². The van der Waals surface area contributed by atoms with E-state index in [1.54, 1.807) is 7.11 Å². The number of ether oxygens (including phenoxy) is 1. The number of rotatable bonds is 7. The van der Waals surface area contributed by atoms with Crippen molar-refractivity contribution in [3.8, 4) is 0 Å². The second-order valence-electron chi connectivity index (χ2n) is 6.00. The lowest BCUT2D eigenvalue weighted by molar-refractivity contribution is 0.183. The van der Waals surface area contributed by atoms with E-state index in [9.17, 15) is 0 Å². The first-order chi connectivity index (χ1) is 9.85. The summed E-state index contributed by atoms with van der Waals surface area (Å²) in [7, 11) is 1.76. The van der Waals surface area contributed by atoms with E-state index in [0.29, 0.717) is 12.6 Å². The third kappa shape index (κ3) is 4.32. The predicted octanol–water partition coefficient (Wildman–Crippen LogP) is 4.28. The monoisotopic (exact) mass is 275 g/mol. The van der Waals surface area contributed by atoms with E-state index < -0.39 is 0 Å². The average Bonchev–Trinajstić information content (AvgIpc) is 2.51. The molecule has 1 unspecified atom stereocenters. The summed E-state index contributed by atoms with van der Waals surface area (Å²) in [6.07, 6.45) is 8.32. The molecule has 112 valence electrons. The molecule has 1 saturated carbocycles. The Kier molecular flexibility index (Phi) is 6.55. The summed E-state index contributed by atoms with van der Waals surface area (Å²) in [6.45, 7) is 3.99. The second-order valence-corrected chi connectivity index (χ2v) is 6.00. The van der Waals surface area contributed by atoms with Crippen LogP contribution in [0.3, 0.4) is 0 Å². The Labute approximate surface area is 123 Å². The van der Waals surface area contributed by atoms with Gasteiger partial charge in [0.15, 0.2) is 0 Å². The maximum atomic E-state index is 5.29. The van der Waals surface area contributed by atoms with Gasteiger partial charge in [-0.05, 0) is 36.3 Å². The molecule has 20 heavy (non-hydrogen) atoms. The van der Waals surface area contributed by atoms with Gasteiger partial charge >= 0.3 is 0 Å². The smallest absolute Gasteiger partial charge is 0.0716 e. The van der Waals surface area contributed by atoms with Gasteiger partial charge in [0, 0.05) is 19.7 Å². The molecule has 2 nitrogen and oxygen atoms in total. The van der Waals surface area contributed by atoms with Crippen molar-refractivity contribution in [1.82, 2.24) is 5.32 Å². The van der Waals surface area contributed by atoms with Crippen LogP contribution in [-0.2, 0) is 17.9 Å². The first kappa shape index (κ1) is 15.5. The summed E-state index contributed by atoms with van der Waals surface area (Å²) in [4.78, 5) is 0. The van der Waals surface area contributed by atoms with Crippen molar-refractivity contribution in [1.29, 1.82) is 0 Å². The van der Waals surface area contributed by atoms with Gasteiger partial charge in [-0.3, -0.25) is 0 Å². The molecule has 1 atom stereocenters. The molecule has 0 bridgehead atoms. The molecule has 0 saturated heterocycles. The highest BCUT2D eigenvalue weighted by Gasteiger charge is 2.21.